The summed E-state index contributed by atoms with van der Waals surface area (Å²) in [7, 11) is 0. The molecule has 1 aromatic carbocycles. The topological polar surface area (TPSA) is 21.3 Å². The molecule has 0 atom stereocenters. The number of rotatable bonds is 9. The lowest BCUT2D eigenvalue weighted by Gasteiger charge is -2.06. The normalized spacial score (nSPS) is 10.7. The van der Waals surface area contributed by atoms with Crippen LogP contribution in [0, 0.1) is 0 Å². The molecule has 0 bridgehead atoms. The van der Waals surface area contributed by atoms with Crippen LogP contribution in [-0.2, 0) is 11.3 Å². The van der Waals surface area contributed by atoms with Crippen molar-refractivity contribution in [3.8, 4) is 0 Å². The molecule has 0 unspecified atom stereocenters. The van der Waals surface area contributed by atoms with Crippen molar-refractivity contribution in [1.29, 1.82) is 0 Å². The van der Waals surface area contributed by atoms with E-state index in [1.165, 1.54) is 19.3 Å². The monoisotopic (exact) mass is 255 g/mol. The molecule has 0 fully saturated rings. The fourth-order valence-electron chi connectivity index (χ4n) is 1.59. The van der Waals surface area contributed by atoms with Crippen molar-refractivity contribution in [3.05, 3.63) is 34.9 Å². The van der Waals surface area contributed by atoms with Gasteiger partial charge in [0.25, 0.3) is 0 Å². The van der Waals surface area contributed by atoms with Gasteiger partial charge in [-0.2, -0.15) is 0 Å². The van der Waals surface area contributed by atoms with Crippen LogP contribution in [0.5, 0.6) is 0 Å². The second-order valence-electron chi connectivity index (χ2n) is 4.14. The van der Waals surface area contributed by atoms with E-state index >= 15 is 0 Å². The van der Waals surface area contributed by atoms with Gasteiger partial charge in [0.05, 0.1) is 13.2 Å². The SMILES string of the molecule is CCCCCNCCOCc1cccc(Cl)c1. The molecule has 3 heteroatoms. The minimum atomic E-state index is 0.636. The summed E-state index contributed by atoms with van der Waals surface area (Å²) < 4.78 is 5.56. The summed E-state index contributed by atoms with van der Waals surface area (Å²) >= 11 is 5.89. The smallest absolute Gasteiger partial charge is 0.0718 e. The largest absolute Gasteiger partial charge is 0.375 e. The third kappa shape index (κ3) is 7.37. The minimum absolute atomic E-state index is 0.636. The summed E-state index contributed by atoms with van der Waals surface area (Å²) in [5, 5.41) is 4.13. The molecule has 0 saturated heterocycles. The Morgan fingerprint density at radius 1 is 1.24 bits per heavy atom. The number of hydrogen-bond acceptors (Lipinski definition) is 2. The summed E-state index contributed by atoms with van der Waals surface area (Å²) in [4.78, 5) is 0. The number of benzene rings is 1. The molecule has 1 rings (SSSR count). The van der Waals surface area contributed by atoms with E-state index < -0.39 is 0 Å². The van der Waals surface area contributed by atoms with Gasteiger partial charge in [0.1, 0.15) is 0 Å². The first-order chi connectivity index (χ1) is 8.33. The van der Waals surface area contributed by atoms with Crippen molar-refractivity contribution in [2.75, 3.05) is 19.7 Å². The predicted molar refractivity (Wildman–Crippen MR) is 73.5 cm³/mol. The molecule has 17 heavy (non-hydrogen) atoms. The Hall–Kier alpha value is -0.570. The Morgan fingerprint density at radius 3 is 2.88 bits per heavy atom. The van der Waals surface area contributed by atoms with Crippen molar-refractivity contribution >= 4 is 11.6 Å². The van der Waals surface area contributed by atoms with E-state index in [9.17, 15) is 0 Å². The van der Waals surface area contributed by atoms with E-state index in [0.29, 0.717) is 6.61 Å². The van der Waals surface area contributed by atoms with Gasteiger partial charge in [0.2, 0.25) is 0 Å². The van der Waals surface area contributed by atoms with E-state index in [1.54, 1.807) is 0 Å². The molecule has 1 aromatic rings. The lowest BCUT2D eigenvalue weighted by molar-refractivity contribution is 0.123. The van der Waals surface area contributed by atoms with Crippen LogP contribution in [-0.4, -0.2) is 19.7 Å². The summed E-state index contributed by atoms with van der Waals surface area (Å²) in [6.45, 7) is 5.61. The molecule has 96 valence electrons. The quantitative estimate of drug-likeness (QED) is 0.681. The lowest BCUT2D eigenvalue weighted by Crippen LogP contribution is -2.20. The van der Waals surface area contributed by atoms with Crippen LogP contribution in [0.4, 0.5) is 0 Å². The molecular weight excluding hydrogens is 234 g/mol. The summed E-state index contributed by atoms with van der Waals surface area (Å²) in [5.41, 5.74) is 1.13. The Morgan fingerprint density at radius 2 is 2.12 bits per heavy atom. The zero-order valence-electron chi connectivity index (χ0n) is 10.5. The van der Waals surface area contributed by atoms with Crippen LogP contribution < -0.4 is 5.32 Å². The molecule has 0 aliphatic rings. The highest BCUT2D eigenvalue weighted by Gasteiger charge is 1.94. The summed E-state index contributed by atoms with van der Waals surface area (Å²) in [6.07, 6.45) is 3.83. The molecular formula is C14H22ClNO. The van der Waals surface area contributed by atoms with E-state index in [2.05, 4.69) is 12.2 Å². The third-order valence-corrected chi connectivity index (χ3v) is 2.77. The van der Waals surface area contributed by atoms with Crippen molar-refractivity contribution in [1.82, 2.24) is 5.32 Å². The van der Waals surface area contributed by atoms with Gasteiger partial charge in [-0.3, -0.25) is 0 Å². The van der Waals surface area contributed by atoms with E-state index in [4.69, 9.17) is 16.3 Å². The summed E-state index contributed by atoms with van der Waals surface area (Å²) in [5.74, 6) is 0. The molecule has 0 aliphatic carbocycles. The Kier molecular flexibility index (Phi) is 8.06. The van der Waals surface area contributed by atoms with Gasteiger partial charge >= 0.3 is 0 Å². The van der Waals surface area contributed by atoms with Crippen LogP contribution in [0.15, 0.2) is 24.3 Å². The first kappa shape index (κ1) is 14.5. The first-order valence-corrected chi connectivity index (χ1v) is 6.73. The van der Waals surface area contributed by atoms with E-state index in [1.807, 2.05) is 24.3 Å². The van der Waals surface area contributed by atoms with Gasteiger partial charge in [-0.25, -0.2) is 0 Å². The molecule has 0 aliphatic heterocycles. The van der Waals surface area contributed by atoms with Gasteiger partial charge in [-0.1, -0.05) is 43.5 Å². The summed E-state index contributed by atoms with van der Waals surface area (Å²) in [6, 6.07) is 7.79. The molecule has 0 heterocycles. The fraction of sp³-hybridized carbons (Fsp3) is 0.571. The lowest BCUT2D eigenvalue weighted by atomic mass is 10.2. The molecule has 0 saturated carbocycles. The average Bonchev–Trinajstić information content (AvgIpc) is 2.33. The van der Waals surface area contributed by atoms with Gasteiger partial charge in [-0.05, 0) is 30.7 Å². The van der Waals surface area contributed by atoms with Crippen molar-refractivity contribution in [2.24, 2.45) is 0 Å². The van der Waals surface area contributed by atoms with Crippen LogP contribution in [0.25, 0.3) is 0 Å². The molecule has 1 N–H and O–H groups in total. The van der Waals surface area contributed by atoms with Gasteiger partial charge in [0.15, 0.2) is 0 Å². The maximum atomic E-state index is 5.89. The number of nitrogens with one attached hydrogen (secondary N) is 1. The first-order valence-electron chi connectivity index (χ1n) is 6.36. The molecule has 0 amide bonds. The van der Waals surface area contributed by atoms with Crippen molar-refractivity contribution in [2.45, 2.75) is 32.8 Å². The number of hydrogen-bond donors (Lipinski definition) is 1. The van der Waals surface area contributed by atoms with E-state index in [-0.39, 0.29) is 0 Å². The number of unbranched alkanes of at least 4 members (excludes halogenated alkanes) is 2. The van der Waals surface area contributed by atoms with Crippen molar-refractivity contribution in [3.63, 3.8) is 0 Å². The molecule has 0 aromatic heterocycles. The Labute approximate surface area is 109 Å². The number of halogens is 1. The van der Waals surface area contributed by atoms with Gasteiger partial charge < -0.3 is 10.1 Å². The van der Waals surface area contributed by atoms with Gasteiger partial charge in [0, 0.05) is 11.6 Å². The van der Waals surface area contributed by atoms with Gasteiger partial charge in [-0.15, -0.1) is 0 Å². The fourth-order valence-corrected chi connectivity index (χ4v) is 1.80. The second-order valence-corrected chi connectivity index (χ2v) is 4.58. The van der Waals surface area contributed by atoms with Crippen LogP contribution in [0.2, 0.25) is 5.02 Å². The van der Waals surface area contributed by atoms with Crippen LogP contribution in [0.1, 0.15) is 31.7 Å². The highest BCUT2D eigenvalue weighted by molar-refractivity contribution is 6.30. The second kappa shape index (κ2) is 9.46. The molecule has 0 spiro atoms. The third-order valence-electron chi connectivity index (χ3n) is 2.54. The Balaban J connectivity index is 1.97. The highest BCUT2D eigenvalue weighted by Crippen LogP contribution is 2.11. The van der Waals surface area contributed by atoms with Crippen molar-refractivity contribution < 1.29 is 4.74 Å². The highest BCUT2D eigenvalue weighted by atomic mass is 35.5. The molecule has 2 nitrogen and oxygen atoms in total. The maximum absolute atomic E-state index is 5.89. The standard InChI is InChI=1S/C14H22ClNO/c1-2-3-4-8-16-9-10-17-12-13-6-5-7-14(15)11-13/h5-7,11,16H,2-4,8-10,12H2,1H3. The predicted octanol–water partition coefficient (Wildman–Crippen LogP) is 3.64. The maximum Gasteiger partial charge on any atom is 0.0718 e. The minimum Gasteiger partial charge on any atom is -0.375 e. The zero-order chi connectivity index (χ0) is 12.3. The number of ether oxygens (including phenoxy) is 1. The van der Waals surface area contributed by atoms with Crippen LogP contribution >= 0.6 is 11.6 Å². The Bertz CT molecular complexity index is 304. The van der Waals surface area contributed by atoms with E-state index in [0.717, 1.165) is 30.3 Å². The average molecular weight is 256 g/mol. The van der Waals surface area contributed by atoms with Crippen LogP contribution in [0.3, 0.4) is 0 Å². The zero-order valence-corrected chi connectivity index (χ0v) is 11.3. The molecule has 0 radical (unpaired) electrons.